The predicted octanol–water partition coefficient (Wildman–Crippen LogP) is 1.70. The molecular weight excluding hydrogens is 443 g/mol. The van der Waals surface area contributed by atoms with E-state index in [4.69, 9.17) is 14.7 Å². The lowest BCUT2D eigenvalue weighted by Crippen LogP contribution is -2.66. The van der Waals surface area contributed by atoms with Gasteiger partial charge in [0.05, 0.1) is 41.4 Å². The van der Waals surface area contributed by atoms with E-state index in [-0.39, 0.29) is 25.3 Å². The Kier molecular flexibility index (Phi) is 4.48. The average molecular weight is 465 g/mol. The van der Waals surface area contributed by atoms with Crippen LogP contribution in [0.1, 0.15) is 37.8 Å². The summed E-state index contributed by atoms with van der Waals surface area (Å²) >= 11 is 0. The van der Waals surface area contributed by atoms with Gasteiger partial charge in [-0.2, -0.15) is 18.4 Å². The average Bonchev–Trinajstić information content (AvgIpc) is 3.27. The molecule has 6 atom stereocenters. The fourth-order valence-corrected chi connectivity index (χ4v) is 6.44. The van der Waals surface area contributed by atoms with Crippen molar-refractivity contribution < 1.29 is 37.3 Å². The number of carbonyl (C=O) groups excluding carboxylic acids is 2. The van der Waals surface area contributed by atoms with Crippen molar-refractivity contribution >= 4 is 17.5 Å². The number of aliphatic hydroxyl groups excluding tert-OH is 1. The molecule has 0 radical (unpaired) electrons. The number of hydrogen-bond donors (Lipinski definition) is 2. The Hall–Kier alpha value is -2.68. The van der Waals surface area contributed by atoms with Gasteiger partial charge in [-0.3, -0.25) is 14.5 Å². The second kappa shape index (κ2) is 6.68. The van der Waals surface area contributed by atoms with Crippen LogP contribution in [0.4, 0.5) is 18.9 Å². The molecule has 1 aromatic rings. The van der Waals surface area contributed by atoms with Gasteiger partial charge in [-0.25, -0.2) is 0 Å². The molecule has 176 valence electrons. The van der Waals surface area contributed by atoms with Crippen LogP contribution in [0.3, 0.4) is 0 Å². The number of carbonyl (C=O) groups is 2. The number of alkyl halides is 3. The highest BCUT2D eigenvalue weighted by Gasteiger charge is 2.88. The Morgan fingerprint density at radius 2 is 2.15 bits per heavy atom. The molecule has 4 aliphatic rings. The van der Waals surface area contributed by atoms with Crippen LogP contribution in [0.15, 0.2) is 18.2 Å². The van der Waals surface area contributed by atoms with Crippen molar-refractivity contribution in [3.05, 3.63) is 29.3 Å². The number of benzene rings is 1. The number of rotatable bonds is 3. The lowest BCUT2D eigenvalue weighted by Gasteiger charge is -2.45. The van der Waals surface area contributed by atoms with Crippen LogP contribution in [0.5, 0.6) is 0 Å². The summed E-state index contributed by atoms with van der Waals surface area (Å²) in [6.07, 6.45) is -6.47. The van der Waals surface area contributed by atoms with Crippen LogP contribution >= 0.6 is 0 Å². The predicted molar refractivity (Wildman–Crippen MR) is 105 cm³/mol. The lowest BCUT2D eigenvalue weighted by atomic mass is 9.55. The summed E-state index contributed by atoms with van der Waals surface area (Å²) in [6, 6.07) is 4.49. The van der Waals surface area contributed by atoms with E-state index in [1.807, 2.05) is 0 Å². The SMILES string of the molecule is CCNC(=O)[C@]12C(=O)N(c3ccc(C#N)c(C(F)(F)F)c3)[C@@H]3OCC[C@@]4(C[C@H](O)[C@]1(C)O4)[C@@H]32. The Morgan fingerprint density at radius 3 is 2.79 bits per heavy atom. The second-order valence-electron chi connectivity index (χ2n) is 9.16. The van der Waals surface area contributed by atoms with Gasteiger partial charge in [-0.15, -0.1) is 0 Å². The number of ether oxygens (including phenoxy) is 2. The van der Waals surface area contributed by atoms with Crippen LogP contribution in [0, 0.1) is 22.7 Å². The summed E-state index contributed by atoms with van der Waals surface area (Å²) in [5.41, 5.74) is -6.37. The van der Waals surface area contributed by atoms with E-state index in [2.05, 4.69) is 5.32 Å². The van der Waals surface area contributed by atoms with E-state index in [9.17, 15) is 27.9 Å². The van der Waals surface area contributed by atoms with Gasteiger partial charge in [0.25, 0.3) is 0 Å². The molecule has 4 aliphatic heterocycles. The van der Waals surface area contributed by atoms with Gasteiger partial charge in [0.15, 0.2) is 5.41 Å². The molecule has 2 bridgehead atoms. The molecule has 0 unspecified atom stereocenters. The van der Waals surface area contributed by atoms with E-state index in [0.717, 1.165) is 17.0 Å². The monoisotopic (exact) mass is 465 g/mol. The summed E-state index contributed by atoms with van der Waals surface area (Å²) in [7, 11) is 0. The molecule has 2 amide bonds. The number of aliphatic hydroxyl groups is 1. The minimum Gasteiger partial charge on any atom is -0.390 e. The third-order valence-electron chi connectivity index (χ3n) is 7.72. The van der Waals surface area contributed by atoms with Gasteiger partial charge in [0.1, 0.15) is 11.8 Å². The summed E-state index contributed by atoms with van der Waals surface area (Å²) in [5.74, 6) is -2.26. The lowest BCUT2D eigenvalue weighted by molar-refractivity contribution is -0.161. The molecule has 0 aliphatic carbocycles. The molecule has 4 fully saturated rings. The zero-order chi connectivity index (χ0) is 24.0. The summed E-state index contributed by atoms with van der Waals surface area (Å²) in [4.78, 5) is 28.6. The van der Waals surface area contributed by atoms with Crippen molar-refractivity contribution in [2.24, 2.45) is 11.3 Å². The van der Waals surface area contributed by atoms with E-state index in [1.165, 1.54) is 19.1 Å². The number of halogens is 3. The van der Waals surface area contributed by atoms with Gasteiger partial charge in [-0.1, -0.05) is 0 Å². The standard InChI is InChI=1S/C22H22F3N3O5/c1-3-27-17(30)21-15-16(32-7-6-20(15)9-14(29)19(21,2)33-20)28(18(21)31)12-5-4-11(10-26)13(8-12)22(23,24)25/h4-5,8,14-16,29H,3,6-7,9H2,1-2H3,(H,27,30)/t14-,15+,16+,19-,20+,21+/m0/s1. The van der Waals surface area contributed by atoms with Gasteiger partial charge >= 0.3 is 6.18 Å². The van der Waals surface area contributed by atoms with Crippen molar-refractivity contribution in [2.45, 2.75) is 56.4 Å². The maximum absolute atomic E-state index is 14.1. The molecule has 33 heavy (non-hydrogen) atoms. The number of nitrogens with zero attached hydrogens (tertiary/aromatic N) is 2. The van der Waals surface area contributed by atoms with Crippen LogP contribution < -0.4 is 10.2 Å². The van der Waals surface area contributed by atoms with E-state index < -0.39 is 64.0 Å². The molecule has 11 heteroatoms. The first-order valence-corrected chi connectivity index (χ1v) is 10.7. The third-order valence-corrected chi connectivity index (χ3v) is 7.72. The summed E-state index contributed by atoms with van der Waals surface area (Å²) in [6.45, 7) is 3.54. The molecule has 8 nitrogen and oxygen atoms in total. The minimum atomic E-state index is -4.82. The summed E-state index contributed by atoms with van der Waals surface area (Å²) in [5, 5.41) is 22.7. The van der Waals surface area contributed by atoms with Crippen molar-refractivity contribution in [2.75, 3.05) is 18.1 Å². The van der Waals surface area contributed by atoms with Crippen molar-refractivity contribution in [1.29, 1.82) is 5.26 Å². The van der Waals surface area contributed by atoms with E-state index >= 15 is 0 Å². The fourth-order valence-electron chi connectivity index (χ4n) is 6.44. The molecule has 0 saturated carbocycles. The van der Waals surface area contributed by atoms with E-state index in [1.54, 1.807) is 6.92 Å². The Morgan fingerprint density at radius 1 is 1.42 bits per heavy atom. The third kappa shape index (κ3) is 2.46. The highest BCUT2D eigenvalue weighted by atomic mass is 19.4. The number of nitrogens with one attached hydrogen (secondary N) is 1. The first-order valence-electron chi connectivity index (χ1n) is 10.7. The van der Waals surface area contributed by atoms with Crippen LogP contribution in [-0.4, -0.2) is 53.6 Å². The Bertz CT molecular complexity index is 1100. The Balaban J connectivity index is 1.72. The zero-order valence-electron chi connectivity index (χ0n) is 17.9. The molecule has 5 rings (SSSR count). The molecule has 1 spiro atoms. The highest BCUT2D eigenvalue weighted by molar-refractivity contribution is 6.16. The number of fused-ring (bicyclic) bond motifs is 2. The Labute approximate surface area is 187 Å². The number of anilines is 1. The van der Waals surface area contributed by atoms with Crippen molar-refractivity contribution in [3.63, 3.8) is 0 Å². The first-order chi connectivity index (χ1) is 15.5. The first kappa shape index (κ1) is 22.1. The quantitative estimate of drug-likeness (QED) is 0.658. The zero-order valence-corrected chi connectivity index (χ0v) is 17.9. The maximum Gasteiger partial charge on any atom is 0.417 e. The van der Waals surface area contributed by atoms with Gasteiger partial charge in [0.2, 0.25) is 11.8 Å². The maximum atomic E-state index is 14.1. The van der Waals surface area contributed by atoms with Crippen LogP contribution in [0.2, 0.25) is 0 Å². The molecule has 4 heterocycles. The minimum absolute atomic E-state index is 0.135. The molecular formula is C22H22F3N3O5. The van der Waals surface area contributed by atoms with Crippen molar-refractivity contribution in [1.82, 2.24) is 5.32 Å². The summed E-state index contributed by atoms with van der Waals surface area (Å²) < 4.78 is 53.1. The van der Waals surface area contributed by atoms with Crippen molar-refractivity contribution in [3.8, 4) is 6.07 Å². The van der Waals surface area contributed by atoms with Gasteiger partial charge in [-0.05, 0) is 32.0 Å². The normalized spacial score (nSPS) is 38.9. The van der Waals surface area contributed by atoms with E-state index in [0.29, 0.717) is 6.42 Å². The largest absolute Gasteiger partial charge is 0.417 e. The number of amides is 2. The van der Waals surface area contributed by atoms with Crippen LogP contribution in [-0.2, 0) is 25.2 Å². The molecule has 0 aromatic heterocycles. The smallest absolute Gasteiger partial charge is 0.390 e. The molecule has 1 aromatic carbocycles. The highest BCUT2D eigenvalue weighted by Crippen LogP contribution is 2.71. The molecule has 4 saturated heterocycles. The number of hydrogen-bond acceptors (Lipinski definition) is 6. The second-order valence-corrected chi connectivity index (χ2v) is 9.16. The fraction of sp³-hybridized carbons (Fsp3) is 0.591. The topological polar surface area (TPSA) is 112 Å². The van der Waals surface area contributed by atoms with Gasteiger partial charge in [0, 0.05) is 25.1 Å². The molecule has 2 N–H and O–H groups in total. The number of nitriles is 1. The van der Waals surface area contributed by atoms with Crippen LogP contribution in [0.25, 0.3) is 0 Å². The van der Waals surface area contributed by atoms with Gasteiger partial charge < -0.3 is 19.9 Å².